The third-order valence-corrected chi connectivity index (χ3v) is 4.71. The summed E-state index contributed by atoms with van der Waals surface area (Å²) in [4.78, 5) is 16.1. The molecule has 0 aliphatic rings. The van der Waals surface area contributed by atoms with Gasteiger partial charge in [0.1, 0.15) is 5.75 Å². The molecule has 25 heavy (non-hydrogen) atoms. The van der Waals surface area contributed by atoms with E-state index in [2.05, 4.69) is 20.5 Å². The molecule has 9 heteroatoms. The van der Waals surface area contributed by atoms with Crippen LogP contribution in [-0.2, 0) is 4.79 Å². The summed E-state index contributed by atoms with van der Waals surface area (Å²) in [5, 5.41) is 13.5. The first-order chi connectivity index (χ1) is 12.2. The lowest BCUT2D eigenvalue weighted by molar-refractivity contribution is -0.113. The van der Waals surface area contributed by atoms with Crippen LogP contribution in [0, 0.1) is 6.92 Å². The van der Waals surface area contributed by atoms with Gasteiger partial charge in [0.25, 0.3) is 11.1 Å². The quantitative estimate of drug-likeness (QED) is 0.630. The summed E-state index contributed by atoms with van der Waals surface area (Å²) in [5.41, 5.74) is 1.61. The van der Waals surface area contributed by atoms with Crippen LogP contribution in [0.1, 0.15) is 12.6 Å². The second-order valence-electron chi connectivity index (χ2n) is 4.93. The van der Waals surface area contributed by atoms with Crippen LogP contribution >= 0.6 is 23.1 Å². The molecule has 2 aromatic heterocycles. The van der Waals surface area contributed by atoms with Crippen molar-refractivity contribution in [1.29, 1.82) is 0 Å². The van der Waals surface area contributed by atoms with E-state index in [1.807, 2.05) is 43.5 Å². The van der Waals surface area contributed by atoms with Crippen LogP contribution in [0.25, 0.3) is 11.5 Å². The van der Waals surface area contributed by atoms with Gasteiger partial charge in [-0.05, 0) is 26.0 Å². The van der Waals surface area contributed by atoms with Gasteiger partial charge in [-0.2, -0.15) is 0 Å². The van der Waals surface area contributed by atoms with Gasteiger partial charge in [0.05, 0.1) is 23.6 Å². The number of thiazole rings is 1. The number of carbonyl (C=O) groups excluding carboxylic acids is 1. The summed E-state index contributed by atoms with van der Waals surface area (Å²) in [7, 11) is 0. The van der Waals surface area contributed by atoms with Crippen LogP contribution in [0.3, 0.4) is 0 Å². The van der Waals surface area contributed by atoms with Crippen LogP contribution in [0.5, 0.6) is 5.75 Å². The minimum absolute atomic E-state index is 0.160. The molecule has 130 valence electrons. The molecule has 0 saturated carbocycles. The Morgan fingerprint density at radius 3 is 2.96 bits per heavy atom. The predicted octanol–water partition coefficient (Wildman–Crippen LogP) is 3.63. The topological polar surface area (TPSA) is 90.1 Å². The molecule has 1 aromatic carbocycles. The molecule has 0 atom stereocenters. The van der Waals surface area contributed by atoms with Gasteiger partial charge >= 0.3 is 0 Å². The van der Waals surface area contributed by atoms with Gasteiger partial charge in [0, 0.05) is 5.38 Å². The highest BCUT2D eigenvalue weighted by Crippen LogP contribution is 2.30. The molecule has 0 aliphatic heterocycles. The summed E-state index contributed by atoms with van der Waals surface area (Å²) >= 11 is 2.56. The molecule has 1 amide bonds. The fourth-order valence-electron chi connectivity index (χ4n) is 2.00. The Labute approximate surface area is 152 Å². The van der Waals surface area contributed by atoms with E-state index >= 15 is 0 Å². The number of rotatable bonds is 7. The van der Waals surface area contributed by atoms with Crippen LogP contribution in [0.2, 0.25) is 0 Å². The Morgan fingerprint density at radius 1 is 1.36 bits per heavy atom. The Kier molecular flexibility index (Phi) is 5.67. The molecule has 0 spiro atoms. The average molecular weight is 376 g/mol. The summed E-state index contributed by atoms with van der Waals surface area (Å²) < 4.78 is 11.2. The predicted molar refractivity (Wildman–Crippen MR) is 97.1 cm³/mol. The van der Waals surface area contributed by atoms with E-state index in [0.29, 0.717) is 28.6 Å². The number of ether oxygens (including phenoxy) is 1. The third kappa shape index (κ3) is 4.58. The summed E-state index contributed by atoms with van der Waals surface area (Å²) in [5.74, 6) is 1.03. The SMILES string of the molecule is CCOc1ccccc1-c1nnc(SCC(=O)Nc2nc(C)cs2)o1. The molecule has 1 N–H and O–H groups in total. The molecule has 0 saturated heterocycles. The standard InChI is InChI=1S/C16H16N4O3S2/c1-3-22-12-7-5-4-6-11(12)14-19-20-16(23-14)25-9-13(21)18-15-17-10(2)8-24-15/h4-8H,3,9H2,1-2H3,(H,17,18,21). The van der Waals surface area contributed by atoms with Crippen molar-refractivity contribution in [3.63, 3.8) is 0 Å². The van der Waals surface area contributed by atoms with E-state index in [1.54, 1.807) is 0 Å². The van der Waals surface area contributed by atoms with Crippen LogP contribution < -0.4 is 10.1 Å². The molecule has 0 radical (unpaired) electrons. The number of thioether (sulfide) groups is 1. The van der Waals surface area contributed by atoms with Gasteiger partial charge in [0.2, 0.25) is 5.91 Å². The molecular formula is C16H16N4O3S2. The molecule has 0 fully saturated rings. The number of hydrogen-bond donors (Lipinski definition) is 1. The maximum absolute atomic E-state index is 11.9. The first-order valence-electron chi connectivity index (χ1n) is 7.56. The molecule has 0 aliphatic carbocycles. The smallest absolute Gasteiger partial charge is 0.277 e. The Morgan fingerprint density at radius 2 is 2.20 bits per heavy atom. The maximum Gasteiger partial charge on any atom is 0.277 e. The summed E-state index contributed by atoms with van der Waals surface area (Å²) in [6, 6.07) is 7.45. The molecule has 0 bridgehead atoms. The van der Waals surface area contributed by atoms with E-state index in [1.165, 1.54) is 23.1 Å². The molecule has 3 aromatic rings. The fourth-order valence-corrected chi connectivity index (χ4v) is 3.26. The van der Waals surface area contributed by atoms with Gasteiger partial charge < -0.3 is 14.5 Å². The van der Waals surface area contributed by atoms with Gasteiger partial charge in [-0.15, -0.1) is 21.5 Å². The van der Waals surface area contributed by atoms with Gasteiger partial charge in [-0.3, -0.25) is 4.79 Å². The lowest BCUT2D eigenvalue weighted by Gasteiger charge is -2.06. The van der Waals surface area contributed by atoms with E-state index in [-0.39, 0.29) is 11.7 Å². The van der Waals surface area contributed by atoms with E-state index < -0.39 is 0 Å². The lowest BCUT2D eigenvalue weighted by Crippen LogP contribution is -2.13. The number of carbonyl (C=O) groups is 1. The van der Waals surface area contributed by atoms with E-state index in [9.17, 15) is 4.79 Å². The van der Waals surface area contributed by atoms with Crippen LogP contribution in [-0.4, -0.2) is 33.4 Å². The van der Waals surface area contributed by atoms with Crippen molar-refractivity contribution in [3.05, 3.63) is 35.3 Å². The highest BCUT2D eigenvalue weighted by molar-refractivity contribution is 7.99. The highest BCUT2D eigenvalue weighted by atomic mass is 32.2. The number of nitrogens with one attached hydrogen (secondary N) is 1. The summed E-state index contributed by atoms with van der Waals surface area (Å²) in [6.07, 6.45) is 0. The zero-order valence-corrected chi connectivity index (χ0v) is 15.3. The maximum atomic E-state index is 11.9. The van der Waals surface area contributed by atoms with Gasteiger partial charge in [-0.1, -0.05) is 23.9 Å². The number of anilines is 1. The first kappa shape index (κ1) is 17.4. The van der Waals surface area contributed by atoms with Gasteiger partial charge in [0.15, 0.2) is 5.13 Å². The molecule has 0 unspecified atom stereocenters. The van der Waals surface area contributed by atoms with Gasteiger partial charge in [-0.25, -0.2) is 4.98 Å². The number of nitrogens with zero attached hydrogens (tertiary/aromatic N) is 3. The number of hydrogen-bond acceptors (Lipinski definition) is 8. The monoisotopic (exact) mass is 376 g/mol. The number of amides is 1. The second kappa shape index (κ2) is 8.13. The molecule has 3 rings (SSSR count). The Hall–Kier alpha value is -2.39. The van der Waals surface area contributed by atoms with Crippen LogP contribution in [0.4, 0.5) is 5.13 Å². The number of para-hydroxylation sites is 1. The molecule has 7 nitrogen and oxygen atoms in total. The number of aromatic nitrogens is 3. The van der Waals surface area contributed by atoms with Crippen molar-refractivity contribution in [3.8, 4) is 17.2 Å². The van der Waals surface area contributed by atoms with Crippen LogP contribution in [0.15, 0.2) is 39.3 Å². The zero-order chi connectivity index (χ0) is 17.6. The van der Waals surface area contributed by atoms with E-state index in [4.69, 9.17) is 9.15 Å². The second-order valence-corrected chi connectivity index (χ2v) is 6.72. The van der Waals surface area contributed by atoms with Crippen molar-refractivity contribution in [2.24, 2.45) is 0 Å². The molecule has 2 heterocycles. The fraction of sp³-hybridized carbons (Fsp3) is 0.250. The Balaban J connectivity index is 1.61. The first-order valence-corrected chi connectivity index (χ1v) is 9.42. The third-order valence-electron chi connectivity index (χ3n) is 3.02. The minimum Gasteiger partial charge on any atom is -0.493 e. The van der Waals surface area contributed by atoms with E-state index in [0.717, 1.165) is 11.3 Å². The largest absolute Gasteiger partial charge is 0.493 e. The zero-order valence-electron chi connectivity index (χ0n) is 13.7. The molecular weight excluding hydrogens is 360 g/mol. The Bertz CT molecular complexity index is 862. The average Bonchev–Trinajstić information content (AvgIpc) is 3.23. The lowest BCUT2D eigenvalue weighted by atomic mass is 10.2. The van der Waals surface area contributed by atoms with Crippen molar-refractivity contribution < 1.29 is 13.9 Å². The minimum atomic E-state index is -0.172. The highest BCUT2D eigenvalue weighted by Gasteiger charge is 2.15. The normalized spacial score (nSPS) is 10.6. The van der Waals surface area contributed by atoms with Crippen molar-refractivity contribution in [2.75, 3.05) is 17.7 Å². The number of aryl methyl sites for hydroxylation is 1. The van der Waals surface area contributed by atoms with Crippen molar-refractivity contribution >= 4 is 34.1 Å². The summed E-state index contributed by atoms with van der Waals surface area (Å²) in [6.45, 7) is 4.33. The van der Waals surface area contributed by atoms with Crippen molar-refractivity contribution in [1.82, 2.24) is 15.2 Å². The van der Waals surface area contributed by atoms with Crippen molar-refractivity contribution in [2.45, 2.75) is 19.1 Å². The number of benzene rings is 1.